The van der Waals surface area contributed by atoms with Crippen molar-refractivity contribution in [1.29, 1.82) is 0 Å². The van der Waals surface area contributed by atoms with Gasteiger partial charge < -0.3 is 9.64 Å². The molecule has 3 rings (SSSR count). The summed E-state index contributed by atoms with van der Waals surface area (Å²) in [6, 6.07) is 20.0. The molecule has 0 aromatic heterocycles. The third kappa shape index (κ3) is 5.66. The first-order valence-electron chi connectivity index (χ1n) is 9.08. The van der Waals surface area contributed by atoms with Crippen LogP contribution in [0.4, 0.5) is 0 Å². The summed E-state index contributed by atoms with van der Waals surface area (Å²) in [6.45, 7) is 0.900. The average molecular weight is 449 g/mol. The second kappa shape index (κ2) is 10.0. The van der Waals surface area contributed by atoms with Gasteiger partial charge in [0.15, 0.2) is 0 Å². The maximum absolute atomic E-state index is 13.2. The molecule has 0 aliphatic carbocycles. The second-order valence-electron chi connectivity index (χ2n) is 6.53. The number of halogens is 3. The molecule has 0 bridgehead atoms. The Morgan fingerprint density at radius 3 is 2.28 bits per heavy atom. The van der Waals surface area contributed by atoms with Crippen LogP contribution in [0.25, 0.3) is 0 Å². The van der Waals surface area contributed by atoms with E-state index in [4.69, 9.17) is 39.5 Å². The van der Waals surface area contributed by atoms with Crippen molar-refractivity contribution in [3.63, 3.8) is 0 Å². The van der Waals surface area contributed by atoms with Crippen molar-refractivity contribution in [2.75, 3.05) is 13.7 Å². The predicted octanol–water partition coefficient (Wildman–Crippen LogP) is 6.54. The van der Waals surface area contributed by atoms with Crippen LogP contribution in [0.15, 0.2) is 66.7 Å². The van der Waals surface area contributed by atoms with E-state index in [0.717, 1.165) is 16.9 Å². The van der Waals surface area contributed by atoms with Crippen molar-refractivity contribution in [1.82, 2.24) is 4.90 Å². The van der Waals surface area contributed by atoms with Crippen molar-refractivity contribution < 1.29 is 9.53 Å². The highest BCUT2D eigenvalue weighted by Gasteiger charge is 2.18. The minimum absolute atomic E-state index is 0.0855. The van der Waals surface area contributed by atoms with E-state index < -0.39 is 0 Å². The van der Waals surface area contributed by atoms with E-state index in [0.29, 0.717) is 40.1 Å². The van der Waals surface area contributed by atoms with Crippen molar-refractivity contribution in [2.24, 2.45) is 0 Å². The molecule has 0 saturated heterocycles. The van der Waals surface area contributed by atoms with Crippen LogP contribution in [0.2, 0.25) is 15.1 Å². The second-order valence-corrected chi connectivity index (χ2v) is 7.81. The van der Waals surface area contributed by atoms with E-state index in [1.807, 2.05) is 30.3 Å². The number of hydrogen-bond acceptors (Lipinski definition) is 2. The van der Waals surface area contributed by atoms with Crippen LogP contribution in [0.3, 0.4) is 0 Å². The number of rotatable bonds is 7. The minimum Gasteiger partial charge on any atom is -0.496 e. The molecule has 0 aliphatic rings. The molecule has 0 atom stereocenters. The van der Waals surface area contributed by atoms with Crippen molar-refractivity contribution in [3.8, 4) is 5.75 Å². The van der Waals surface area contributed by atoms with Crippen LogP contribution < -0.4 is 4.74 Å². The zero-order chi connectivity index (χ0) is 20.8. The Morgan fingerprint density at radius 2 is 1.59 bits per heavy atom. The van der Waals surface area contributed by atoms with Gasteiger partial charge in [0.1, 0.15) is 5.75 Å². The van der Waals surface area contributed by atoms with Gasteiger partial charge in [-0.1, -0.05) is 59.1 Å². The van der Waals surface area contributed by atoms with Crippen molar-refractivity contribution in [3.05, 3.63) is 98.5 Å². The third-order valence-electron chi connectivity index (χ3n) is 4.60. The summed E-state index contributed by atoms with van der Waals surface area (Å²) in [5.74, 6) is 0.656. The molecule has 1 amide bonds. The number of amides is 1. The van der Waals surface area contributed by atoms with Crippen LogP contribution in [0, 0.1) is 0 Å². The Kier molecular flexibility index (Phi) is 7.43. The SMILES string of the molecule is COc1ccccc1CN(CCc1ccc(Cl)cc1Cl)C(=O)c1ccc(Cl)cc1. The molecule has 3 aromatic rings. The zero-order valence-electron chi connectivity index (χ0n) is 15.9. The van der Waals surface area contributed by atoms with Gasteiger partial charge in [0, 0.05) is 39.3 Å². The fourth-order valence-corrected chi connectivity index (χ4v) is 3.68. The summed E-state index contributed by atoms with van der Waals surface area (Å²) in [6.07, 6.45) is 0.602. The number of benzene rings is 3. The third-order valence-corrected chi connectivity index (χ3v) is 5.44. The zero-order valence-corrected chi connectivity index (χ0v) is 18.1. The Morgan fingerprint density at radius 1 is 0.897 bits per heavy atom. The van der Waals surface area contributed by atoms with Gasteiger partial charge in [-0.15, -0.1) is 0 Å². The molecule has 0 saturated carbocycles. The lowest BCUT2D eigenvalue weighted by Crippen LogP contribution is -2.32. The Balaban J connectivity index is 1.85. The summed E-state index contributed by atoms with van der Waals surface area (Å²) in [7, 11) is 1.62. The highest BCUT2D eigenvalue weighted by molar-refractivity contribution is 6.35. The van der Waals surface area contributed by atoms with E-state index in [2.05, 4.69) is 0 Å². The summed E-state index contributed by atoms with van der Waals surface area (Å²) in [5.41, 5.74) is 2.44. The van der Waals surface area contributed by atoms with Gasteiger partial charge in [0.2, 0.25) is 0 Å². The van der Waals surface area contributed by atoms with E-state index >= 15 is 0 Å². The molecule has 3 aromatic carbocycles. The minimum atomic E-state index is -0.0855. The predicted molar refractivity (Wildman–Crippen MR) is 119 cm³/mol. The monoisotopic (exact) mass is 447 g/mol. The molecule has 0 unspecified atom stereocenters. The van der Waals surface area contributed by atoms with Gasteiger partial charge in [-0.05, 0) is 54.4 Å². The van der Waals surface area contributed by atoms with Crippen LogP contribution in [-0.4, -0.2) is 24.5 Å². The van der Waals surface area contributed by atoms with Gasteiger partial charge in [0.25, 0.3) is 5.91 Å². The lowest BCUT2D eigenvalue weighted by molar-refractivity contribution is 0.0744. The lowest BCUT2D eigenvalue weighted by Gasteiger charge is -2.24. The smallest absolute Gasteiger partial charge is 0.254 e. The van der Waals surface area contributed by atoms with Crippen LogP contribution in [0.1, 0.15) is 21.5 Å². The standard InChI is InChI=1S/C23H20Cl3NO2/c1-29-22-5-3-2-4-18(22)15-27(23(28)17-7-9-19(24)10-8-17)13-12-16-6-11-20(25)14-21(16)26/h2-11,14H,12-13,15H2,1H3. The molecule has 0 aliphatic heterocycles. The first kappa shape index (κ1) is 21.5. The summed E-state index contributed by atoms with van der Waals surface area (Å²) >= 11 is 18.3. The van der Waals surface area contributed by atoms with Gasteiger partial charge in [-0.2, -0.15) is 0 Å². The number of ether oxygens (including phenoxy) is 1. The highest BCUT2D eigenvalue weighted by Crippen LogP contribution is 2.24. The average Bonchev–Trinajstić information content (AvgIpc) is 2.72. The molecule has 0 heterocycles. The maximum atomic E-state index is 13.2. The molecular formula is C23H20Cl3NO2. The quantitative estimate of drug-likeness (QED) is 0.410. The van der Waals surface area contributed by atoms with Crippen molar-refractivity contribution in [2.45, 2.75) is 13.0 Å². The Hall–Kier alpha value is -2.20. The number of hydrogen-bond donors (Lipinski definition) is 0. The Bertz CT molecular complexity index is 990. The Labute approximate surface area is 185 Å². The first-order chi connectivity index (χ1) is 14.0. The molecule has 0 spiro atoms. The topological polar surface area (TPSA) is 29.5 Å². The van der Waals surface area contributed by atoms with Gasteiger partial charge in [-0.3, -0.25) is 4.79 Å². The summed E-state index contributed by atoms with van der Waals surface area (Å²) in [4.78, 5) is 15.0. The summed E-state index contributed by atoms with van der Waals surface area (Å²) in [5, 5.41) is 1.77. The lowest BCUT2D eigenvalue weighted by atomic mass is 10.1. The van der Waals surface area contributed by atoms with Crippen LogP contribution in [-0.2, 0) is 13.0 Å². The summed E-state index contributed by atoms with van der Waals surface area (Å²) < 4.78 is 5.45. The van der Waals surface area contributed by atoms with Crippen molar-refractivity contribution >= 4 is 40.7 Å². The number of methoxy groups -OCH3 is 1. The first-order valence-corrected chi connectivity index (χ1v) is 10.2. The molecule has 150 valence electrons. The van der Waals surface area contributed by atoms with E-state index in [1.54, 1.807) is 48.4 Å². The normalized spacial score (nSPS) is 10.6. The van der Waals surface area contributed by atoms with Crippen LogP contribution in [0.5, 0.6) is 5.75 Å². The molecule has 0 N–H and O–H groups in total. The highest BCUT2D eigenvalue weighted by atomic mass is 35.5. The largest absolute Gasteiger partial charge is 0.496 e. The maximum Gasteiger partial charge on any atom is 0.254 e. The molecule has 0 fully saturated rings. The van der Waals surface area contributed by atoms with Crippen LogP contribution >= 0.6 is 34.8 Å². The van der Waals surface area contributed by atoms with E-state index in [-0.39, 0.29) is 5.91 Å². The fraction of sp³-hybridized carbons (Fsp3) is 0.174. The van der Waals surface area contributed by atoms with Gasteiger partial charge >= 0.3 is 0 Å². The van der Waals surface area contributed by atoms with Gasteiger partial charge in [-0.25, -0.2) is 0 Å². The number of nitrogens with zero attached hydrogens (tertiary/aromatic N) is 1. The molecule has 29 heavy (non-hydrogen) atoms. The number of para-hydroxylation sites is 1. The number of carbonyl (C=O) groups excluding carboxylic acids is 1. The molecule has 0 radical (unpaired) electrons. The molecule has 6 heteroatoms. The van der Waals surface area contributed by atoms with E-state index in [9.17, 15) is 4.79 Å². The molecular weight excluding hydrogens is 429 g/mol. The van der Waals surface area contributed by atoms with E-state index in [1.165, 1.54) is 0 Å². The number of carbonyl (C=O) groups is 1. The van der Waals surface area contributed by atoms with Gasteiger partial charge in [0.05, 0.1) is 7.11 Å². The fourth-order valence-electron chi connectivity index (χ4n) is 3.05. The molecule has 3 nitrogen and oxygen atoms in total.